The second-order valence-corrected chi connectivity index (χ2v) is 9.10. The van der Waals surface area contributed by atoms with E-state index < -0.39 is 107 Å². The van der Waals surface area contributed by atoms with E-state index in [1.54, 1.807) is 0 Å². The van der Waals surface area contributed by atoms with E-state index in [4.69, 9.17) is 0 Å². The lowest BCUT2D eigenvalue weighted by molar-refractivity contribution is -0.459. The predicted octanol–water partition coefficient (Wildman–Crippen LogP) is 9.10. The molecule has 0 bridgehead atoms. The van der Waals surface area contributed by atoms with Crippen LogP contribution in [0.3, 0.4) is 0 Å². The smallest absolute Gasteiger partial charge is 0.473 e. The number of hydrogen-bond acceptors (Lipinski definition) is 5. The Bertz CT molecular complexity index is 1490. The Hall–Kier alpha value is -3.86. The fourth-order valence-electron chi connectivity index (χ4n) is 2.90. The van der Waals surface area contributed by atoms with Gasteiger partial charge >= 0.3 is 83.9 Å². The maximum atomic E-state index is 13.9. The number of aromatic hydroxyl groups is 1. The first kappa shape index (κ1) is 45.2. The minimum Gasteiger partial charge on any atom is -0.507 e. The van der Waals surface area contributed by atoms with Crippen molar-refractivity contribution in [3.63, 3.8) is 0 Å². The van der Waals surface area contributed by atoms with Crippen LogP contribution in [0.2, 0.25) is 0 Å². The van der Waals surface area contributed by atoms with Crippen molar-refractivity contribution in [2.75, 3.05) is 0 Å². The van der Waals surface area contributed by atoms with Crippen LogP contribution in [0.15, 0.2) is 18.2 Å². The van der Waals surface area contributed by atoms with Gasteiger partial charge < -0.3 is 14.6 Å². The Morgan fingerprint density at radius 3 is 0.980 bits per heavy atom. The van der Waals surface area contributed by atoms with E-state index in [0.29, 0.717) is 0 Å². The number of phenolic OH excluding ortho intramolecular Hbond substituents is 1. The van der Waals surface area contributed by atoms with Crippen molar-refractivity contribution in [2.45, 2.75) is 72.0 Å². The second kappa shape index (κ2) is 12.1. The molecule has 1 rings (SSSR count). The highest BCUT2D eigenvalue weighted by Crippen LogP contribution is 2.62. The van der Waals surface area contributed by atoms with Crippen LogP contribution in [0.5, 0.6) is 5.75 Å². The van der Waals surface area contributed by atoms with Crippen molar-refractivity contribution in [3.05, 3.63) is 29.3 Å². The van der Waals surface area contributed by atoms with E-state index in [1.165, 1.54) is 0 Å². The highest BCUT2D eigenvalue weighted by atomic mass is 19.4. The first-order valence-corrected chi connectivity index (χ1v) is 11.1. The zero-order valence-corrected chi connectivity index (χ0v) is 22.1. The molecule has 0 aliphatic heterocycles. The third-order valence-electron chi connectivity index (χ3n) is 5.72. The summed E-state index contributed by atoms with van der Waals surface area (Å²) in [6.45, 7) is 0. The fourth-order valence-corrected chi connectivity index (χ4v) is 2.90. The lowest BCUT2D eigenvalue weighted by Gasteiger charge is -2.39. The van der Waals surface area contributed by atoms with E-state index in [0.717, 1.165) is 0 Å². The van der Waals surface area contributed by atoms with Gasteiger partial charge in [0.05, 0.1) is 5.56 Å². The average Bonchev–Trinajstić information content (AvgIpc) is 2.90. The summed E-state index contributed by atoms with van der Waals surface area (Å²) in [7, 11) is 0. The van der Waals surface area contributed by atoms with E-state index in [-0.39, 0.29) is 12.1 Å². The van der Waals surface area contributed by atoms with Crippen molar-refractivity contribution < 1.29 is 138 Å². The Morgan fingerprint density at radius 2 is 0.686 bits per heavy atom. The summed E-state index contributed by atoms with van der Waals surface area (Å²) < 4.78 is 347. The van der Waals surface area contributed by atoms with Gasteiger partial charge in [0.25, 0.3) is 0 Å². The molecule has 1 aromatic carbocycles. The molecule has 5 nitrogen and oxygen atoms in total. The SMILES string of the molecule is O=C(OC(F)(F)C(F)(F)C(F)(F)C(F)(F)C(F)(F)C(F)(F)F)c1cccc(O)c1C(=O)OC(F)(F)C(F)(F)C(F)(F)C(F)(F)C(F)(F)C(F)(F)F. The topological polar surface area (TPSA) is 72.8 Å². The van der Waals surface area contributed by atoms with Crippen LogP contribution in [0.1, 0.15) is 20.7 Å². The number of ether oxygens (including phenoxy) is 2. The van der Waals surface area contributed by atoms with Gasteiger partial charge in [0, 0.05) is 0 Å². The Kier molecular flexibility index (Phi) is 10.7. The largest absolute Gasteiger partial charge is 0.507 e. The van der Waals surface area contributed by atoms with Crippen LogP contribution >= 0.6 is 0 Å². The first-order valence-electron chi connectivity index (χ1n) is 11.1. The van der Waals surface area contributed by atoms with Gasteiger partial charge in [0.1, 0.15) is 11.3 Å². The molecule has 0 saturated heterocycles. The van der Waals surface area contributed by atoms with Gasteiger partial charge in [-0.3, -0.25) is 0 Å². The van der Waals surface area contributed by atoms with Crippen LogP contribution in [-0.4, -0.2) is 89.0 Å². The summed E-state index contributed by atoms with van der Waals surface area (Å²) in [6, 6.07) is -0.927. The van der Waals surface area contributed by atoms with Crippen LogP contribution in [-0.2, 0) is 9.47 Å². The summed E-state index contributed by atoms with van der Waals surface area (Å²) >= 11 is 0. The third-order valence-corrected chi connectivity index (χ3v) is 5.72. The molecule has 0 radical (unpaired) electrons. The van der Waals surface area contributed by atoms with E-state index in [1.807, 2.05) is 0 Å². The molecule has 0 aliphatic rings. The van der Waals surface area contributed by atoms with Crippen LogP contribution in [0.4, 0.5) is 114 Å². The monoisotopic (exact) mass is 818 g/mol. The molecule has 0 aromatic heterocycles. The summed E-state index contributed by atoms with van der Waals surface area (Å²) in [6.07, 6.45) is -31.6. The molecule has 51 heavy (non-hydrogen) atoms. The Morgan fingerprint density at radius 1 is 0.412 bits per heavy atom. The molecule has 31 heteroatoms. The predicted molar refractivity (Wildman–Crippen MR) is 101 cm³/mol. The summed E-state index contributed by atoms with van der Waals surface area (Å²) in [5.41, 5.74) is -5.71. The van der Waals surface area contributed by atoms with Gasteiger partial charge in [-0.15, -0.1) is 0 Å². The maximum absolute atomic E-state index is 13.9. The number of rotatable bonds is 12. The van der Waals surface area contributed by atoms with Gasteiger partial charge in [-0.25, -0.2) is 9.59 Å². The fraction of sp³-hybridized carbons (Fsp3) is 0.600. The molecule has 0 fully saturated rings. The molecule has 1 aromatic rings. The first-order chi connectivity index (χ1) is 21.9. The highest BCUT2D eigenvalue weighted by molar-refractivity contribution is 6.05. The summed E-state index contributed by atoms with van der Waals surface area (Å²) in [5.74, 6) is -78.2. The van der Waals surface area contributed by atoms with Crippen LogP contribution in [0.25, 0.3) is 0 Å². The molecule has 0 amide bonds. The molecule has 0 spiro atoms. The van der Waals surface area contributed by atoms with Gasteiger partial charge in [-0.1, -0.05) is 6.07 Å². The summed E-state index contributed by atoms with van der Waals surface area (Å²) in [5, 5.41) is 9.48. The van der Waals surface area contributed by atoms with Gasteiger partial charge in [-0.05, 0) is 12.1 Å². The Balaban J connectivity index is 3.69. The number of phenols is 1. The van der Waals surface area contributed by atoms with Crippen molar-refractivity contribution in [3.8, 4) is 5.75 Å². The number of alkyl halides is 26. The number of benzene rings is 1. The zero-order valence-electron chi connectivity index (χ0n) is 22.1. The minimum absolute atomic E-state index is 0.105. The number of halogens is 26. The lowest BCUT2D eigenvalue weighted by atomic mass is 9.97. The second-order valence-electron chi connectivity index (χ2n) is 9.10. The summed E-state index contributed by atoms with van der Waals surface area (Å²) in [4.78, 5) is 23.9. The van der Waals surface area contributed by atoms with E-state index in [9.17, 15) is 129 Å². The zero-order chi connectivity index (χ0) is 41.4. The molecule has 0 heterocycles. The van der Waals surface area contributed by atoms with Crippen molar-refractivity contribution in [1.29, 1.82) is 0 Å². The van der Waals surface area contributed by atoms with Gasteiger partial charge in [0.2, 0.25) is 0 Å². The molecule has 0 atom stereocenters. The number of carbonyl (C=O) groups excluding carboxylic acids is 2. The maximum Gasteiger partial charge on any atom is 0.473 e. The normalized spacial score (nSPS) is 15.5. The van der Waals surface area contributed by atoms with Crippen LogP contribution < -0.4 is 0 Å². The number of hydrogen-bond donors (Lipinski definition) is 1. The Labute approximate surface area is 258 Å². The molecule has 0 saturated carbocycles. The van der Waals surface area contributed by atoms with E-state index in [2.05, 4.69) is 9.47 Å². The molecular weight excluding hydrogens is 814 g/mol. The molecule has 0 aliphatic carbocycles. The molecule has 296 valence electrons. The van der Waals surface area contributed by atoms with Crippen molar-refractivity contribution >= 4 is 11.9 Å². The average molecular weight is 818 g/mol. The van der Waals surface area contributed by atoms with Crippen molar-refractivity contribution in [1.82, 2.24) is 0 Å². The van der Waals surface area contributed by atoms with E-state index >= 15 is 0 Å². The standard InChI is InChI=1S/C20H4F26O5/c21-9(22,13(29,30)17(37,38)39)11(25,26)15(33,34)19(43,44)50-7(48)4-2-1-3-5(47)6(4)8(49)51-20(45,46)16(35,36)12(27,28)10(23,24)14(31,32)18(40,41)42/h1-3,47H. The van der Waals surface area contributed by atoms with Crippen LogP contribution in [0, 0.1) is 0 Å². The van der Waals surface area contributed by atoms with Crippen molar-refractivity contribution in [2.24, 2.45) is 0 Å². The van der Waals surface area contributed by atoms with Gasteiger partial charge in [0.15, 0.2) is 0 Å². The third kappa shape index (κ3) is 6.44. The molecular formula is C20H4F26O5. The number of carbonyl (C=O) groups is 2. The molecule has 0 unspecified atom stereocenters. The highest BCUT2D eigenvalue weighted by Gasteiger charge is 2.93. The minimum atomic E-state index is -8.67. The molecule has 1 N–H and O–H groups in total. The lowest BCUT2D eigenvalue weighted by Crippen LogP contribution is -2.70. The number of esters is 2. The van der Waals surface area contributed by atoms with Gasteiger partial charge in [-0.2, -0.15) is 114 Å². The quantitative estimate of drug-likeness (QED) is 0.168.